The molecule has 4 nitrogen and oxygen atoms in total. The standard InChI is InChI=1S/C22H21NO3/c24-18-12-11-17-13-14-23-19(15-7-3-1-4-8-15)20(16-9-5-2-6-10-16)26-21(25)22(17,18)23/h1-10,17,19-20H,11-14H2/t17-,19-,20+,22+/m0/s1. The van der Waals surface area contributed by atoms with E-state index < -0.39 is 11.6 Å². The van der Waals surface area contributed by atoms with Gasteiger partial charge in [-0.15, -0.1) is 0 Å². The molecule has 2 aromatic carbocycles. The third-order valence-corrected chi connectivity index (χ3v) is 6.34. The number of benzene rings is 2. The minimum absolute atomic E-state index is 0.0393. The van der Waals surface area contributed by atoms with Crippen LogP contribution in [0, 0.1) is 5.92 Å². The molecule has 5 rings (SSSR count). The number of nitrogens with zero attached hydrogens (tertiary/aromatic N) is 1. The monoisotopic (exact) mass is 347 g/mol. The summed E-state index contributed by atoms with van der Waals surface area (Å²) in [7, 11) is 0. The van der Waals surface area contributed by atoms with Crippen LogP contribution in [-0.4, -0.2) is 28.7 Å². The molecule has 132 valence electrons. The summed E-state index contributed by atoms with van der Waals surface area (Å²) in [5, 5.41) is 0. The van der Waals surface area contributed by atoms with Gasteiger partial charge in [0.05, 0.1) is 6.04 Å². The predicted molar refractivity (Wildman–Crippen MR) is 96.2 cm³/mol. The van der Waals surface area contributed by atoms with Gasteiger partial charge in [0.2, 0.25) is 0 Å². The fraction of sp³-hybridized carbons (Fsp3) is 0.364. The van der Waals surface area contributed by atoms with Gasteiger partial charge >= 0.3 is 5.97 Å². The van der Waals surface area contributed by atoms with E-state index in [1.54, 1.807) is 0 Å². The van der Waals surface area contributed by atoms with E-state index in [1.807, 2.05) is 48.5 Å². The van der Waals surface area contributed by atoms with Gasteiger partial charge in [0.15, 0.2) is 11.3 Å². The number of carbonyl (C=O) groups excluding carboxylic acids is 2. The van der Waals surface area contributed by atoms with Crippen molar-refractivity contribution in [2.75, 3.05) is 6.54 Å². The first-order valence-electron chi connectivity index (χ1n) is 9.34. The van der Waals surface area contributed by atoms with Crippen molar-refractivity contribution in [3.63, 3.8) is 0 Å². The van der Waals surface area contributed by atoms with E-state index in [0.717, 1.165) is 30.5 Å². The van der Waals surface area contributed by atoms with Crippen molar-refractivity contribution in [3.8, 4) is 0 Å². The molecule has 2 saturated heterocycles. The fourth-order valence-corrected chi connectivity index (χ4v) is 5.24. The number of carbonyl (C=O) groups is 2. The molecule has 1 aliphatic carbocycles. The van der Waals surface area contributed by atoms with Gasteiger partial charge in [-0.2, -0.15) is 0 Å². The van der Waals surface area contributed by atoms with Crippen LogP contribution in [0.2, 0.25) is 0 Å². The molecule has 0 unspecified atom stereocenters. The molecule has 3 fully saturated rings. The van der Waals surface area contributed by atoms with Gasteiger partial charge in [0.25, 0.3) is 0 Å². The van der Waals surface area contributed by atoms with Crippen LogP contribution in [0.4, 0.5) is 0 Å². The summed E-state index contributed by atoms with van der Waals surface area (Å²) in [5.74, 6) is -0.216. The van der Waals surface area contributed by atoms with Gasteiger partial charge < -0.3 is 4.74 Å². The molecule has 2 aliphatic heterocycles. The van der Waals surface area contributed by atoms with Gasteiger partial charge in [-0.3, -0.25) is 9.69 Å². The van der Waals surface area contributed by atoms with Gasteiger partial charge in [-0.05, 0) is 29.9 Å². The fourth-order valence-electron chi connectivity index (χ4n) is 5.24. The zero-order chi connectivity index (χ0) is 17.7. The molecule has 4 heteroatoms. The lowest BCUT2D eigenvalue weighted by Gasteiger charge is -2.48. The Balaban J connectivity index is 1.67. The van der Waals surface area contributed by atoms with E-state index in [1.165, 1.54) is 0 Å². The van der Waals surface area contributed by atoms with Crippen LogP contribution in [0.5, 0.6) is 0 Å². The number of cyclic esters (lactones) is 1. The molecular formula is C22H21NO3. The summed E-state index contributed by atoms with van der Waals surface area (Å²) in [6.45, 7) is 0.758. The van der Waals surface area contributed by atoms with Crippen LogP contribution in [0.3, 0.4) is 0 Å². The molecule has 0 radical (unpaired) electrons. The Bertz CT molecular complexity index is 850. The molecule has 0 bridgehead atoms. The van der Waals surface area contributed by atoms with E-state index in [9.17, 15) is 9.59 Å². The third-order valence-electron chi connectivity index (χ3n) is 6.34. The number of Topliss-reactive ketones (excluding diaryl/α,β-unsaturated/α-hetero) is 1. The Hall–Kier alpha value is -2.46. The number of morpholine rings is 1. The first-order chi connectivity index (χ1) is 12.7. The Morgan fingerprint density at radius 1 is 0.885 bits per heavy atom. The number of hydrogen-bond acceptors (Lipinski definition) is 4. The van der Waals surface area contributed by atoms with Crippen molar-refractivity contribution in [3.05, 3.63) is 71.8 Å². The van der Waals surface area contributed by atoms with Crippen molar-refractivity contribution in [2.24, 2.45) is 5.92 Å². The molecule has 0 aromatic heterocycles. The Labute approximate surface area is 152 Å². The van der Waals surface area contributed by atoms with Crippen LogP contribution in [0.1, 0.15) is 42.5 Å². The van der Waals surface area contributed by atoms with Gasteiger partial charge in [-0.25, -0.2) is 4.79 Å². The number of ketones is 1. The van der Waals surface area contributed by atoms with Crippen molar-refractivity contribution in [1.82, 2.24) is 4.90 Å². The summed E-state index contributed by atoms with van der Waals surface area (Å²) in [6.07, 6.45) is 1.75. The van der Waals surface area contributed by atoms with Gasteiger partial charge in [0, 0.05) is 13.0 Å². The average Bonchev–Trinajstić information content (AvgIpc) is 3.22. The quantitative estimate of drug-likeness (QED) is 0.617. The summed E-state index contributed by atoms with van der Waals surface area (Å²) in [4.78, 5) is 28.2. The smallest absolute Gasteiger partial charge is 0.335 e. The lowest BCUT2D eigenvalue weighted by atomic mass is 9.82. The predicted octanol–water partition coefficient (Wildman–Crippen LogP) is 3.45. The van der Waals surface area contributed by atoms with Crippen LogP contribution < -0.4 is 0 Å². The SMILES string of the molecule is O=C1CC[C@H]2CCN3[C@@H](c4ccccc4)[C@@H](c4ccccc4)OC(=O)[C@]123. The number of esters is 1. The first-order valence-corrected chi connectivity index (χ1v) is 9.34. The summed E-state index contributed by atoms with van der Waals surface area (Å²) in [5.41, 5.74) is 0.998. The normalized spacial score (nSPS) is 33.6. The highest BCUT2D eigenvalue weighted by Crippen LogP contribution is 2.55. The lowest BCUT2D eigenvalue weighted by molar-refractivity contribution is -0.188. The second kappa shape index (κ2) is 5.78. The topological polar surface area (TPSA) is 46.6 Å². The highest BCUT2D eigenvalue weighted by atomic mass is 16.6. The highest BCUT2D eigenvalue weighted by molar-refractivity contribution is 6.11. The molecule has 1 saturated carbocycles. The minimum atomic E-state index is -1.06. The zero-order valence-electron chi connectivity index (χ0n) is 14.5. The van der Waals surface area contributed by atoms with E-state index in [-0.39, 0.29) is 23.7 Å². The van der Waals surface area contributed by atoms with E-state index in [4.69, 9.17) is 4.74 Å². The van der Waals surface area contributed by atoms with Crippen molar-refractivity contribution < 1.29 is 14.3 Å². The van der Waals surface area contributed by atoms with Crippen molar-refractivity contribution >= 4 is 11.8 Å². The lowest BCUT2D eigenvalue weighted by Crippen LogP contribution is -2.63. The van der Waals surface area contributed by atoms with Crippen LogP contribution in [0.25, 0.3) is 0 Å². The molecule has 26 heavy (non-hydrogen) atoms. The first kappa shape index (κ1) is 15.8. The third kappa shape index (κ3) is 1.99. The zero-order valence-corrected chi connectivity index (χ0v) is 14.5. The molecule has 1 spiro atoms. The number of ether oxygens (including phenoxy) is 1. The maximum atomic E-state index is 13.2. The molecule has 0 amide bonds. The second-order valence-electron chi connectivity index (χ2n) is 7.50. The summed E-state index contributed by atoms with van der Waals surface area (Å²) in [6, 6.07) is 19.9. The highest BCUT2D eigenvalue weighted by Gasteiger charge is 2.68. The average molecular weight is 347 g/mol. The second-order valence-corrected chi connectivity index (χ2v) is 7.50. The van der Waals surface area contributed by atoms with Gasteiger partial charge in [-0.1, -0.05) is 60.7 Å². The maximum Gasteiger partial charge on any atom is 0.335 e. The Morgan fingerprint density at radius 3 is 2.23 bits per heavy atom. The Kier molecular flexibility index (Phi) is 3.50. The largest absolute Gasteiger partial charge is 0.454 e. The van der Waals surface area contributed by atoms with Crippen LogP contribution in [-0.2, 0) is 14.3 Å². The maximum absolute atomic E-state index is 13.2. The molecular weight excluding hydrogens is 326 g/mol. The summed E-state index contributed by atoms with van der Waals surface area (Å²) < 4.78 is 6.03. The molecule has 4 atom stereocenters. The van der Waals surface area contributed by atoms with Crippen LogP contribution in [0.15, 0.2) is 60.7 Å². The van der Waals surface area contributed by atoms with Crippen LogP contribution >= 0.6 is 0 Å². The van der Waals surface area contributed by atoms with Crippen molar-refractivity contribution in [1.29, 1.82) is 0 Å². The number of hydrogen-bond donors (Lipinski definition) is 0. The van der Waals surface area contributed by atoms with Gasteiger partial charge in [0.1, 0.15) is 6.10 Å². The molecule has 3 aliphatic rings. The number of rotatable bonds is 2. The molecule has 2 heterocycles. The molecule has 2 aromatic rings. The summed E-state index contributed by atoms with van der Waals surface area (Å²) >= 11 is 0. The Morgan fingerprint density at radius 2 is 1.54 bits per heavy atom. The van der Waals surface area contributed by atoms with E-state index in [2.05, 4.69) is 17.0 Å². The molecule has 0 N–H and O–H groups in total. The van der Waals surface area contributed by atoms with E-state index >= 15 is 0 Å². The minimum Gasteiger partial charge on any atom is -0.454 e. The van der Waals surface area contributed by atoms with Crippen molar-refractivity contribution in [2.45, 2.75) is 36.9 Å². The van der Waals surface area contributed by atoms with E-state index in [0.29, 0.717) is 6.42 Å².